The molecule has 17 heavy (non-hydrogen) atoms. The maximum atomic E-state index is 5.17. The Labute approximate surface area is 102 Å². The molecule has 2 heteroatoms. The number of benzene rings is 2. The van der Waals surface area contributed by atoms with Crippen molar-refractivity contribution in [1.29, 1.82) is 0 Å². The summed E-state index contributed by atoms with van der Waals surface area (Å²) in [6, 6.07) is 17.7. The van der Waals surface area contributed by atoms with Gasteiger partial charge in [-0.1, -0.05) is 12.1 Å². The Bertz CT molecular complexity index is 446. The third kappa shape index (κ3) is 3.00. The van der Waals surface area contributed by atoms with Crippen LogP contribution in [0.1, 0.15) is 11.1 Å². The van der Waals surface area contributed by atoms with Crippen molar-refractivity contribution in [2.24, 2.45) is 0 Å². The predicted molar refractivity (Wildman–Crippen MR) is 66.5 cm³/mol. The first kappa shape index (κ1) is 11.5. The lowest BCUT2D eigenvalue weighted by molar-refractivity contribution is 0.414. The molecule has 0 aliphatic rings. The van der Waals surface area contributed by atoms with Crippen LogP contribution in [0.15, 0.2) is 36.4 Å². The molecule has 0 fully saturated rings. The van der Waals surface area contributed by atoms with Crippen LogP contribution >= 0.6 is 0 Å². The van der Waals surface area contributed by atoms with Crippen molar-refractivity contribution < 1.29 is 9.47 Å². The number of hydrogen-bond donors (Lipinski definition) is 0. The number of ether oxygens (including phenoxy) is 2. The molecule has 0 saturated heterocycles. The predicted octanol–water partition coefficient (Wildman–Crippen LogP) is 2.89. The SMILES string of the molecule is COc1c[c]cc(Cc2c[c]cc(OC)c2)c1. The van der Waals surface area contributed by atoms with Crippen molar-refractivity contribution in [2.75, 3.05) is 14.2 Å². The Balaban J connectivity index is 2.18. The zero-order valence-corrected chi connectivity index (χ0v) is 9.99. The molecule has 0 atom stereocenters. The highest BCUT2D eigenvalue weighted by Gasteiger charge is 2.00. The highest BCUT2D eigenvalue weighted by Crippen LogP contribution is 2.18. The second kappa shape index (κ2) is 5.39. The van der Waals surface area contributed by atoms with Crippen LogP contribution < -0.4 is 9.47 Å². The van der Waals surface area contributed by atoms with Gasteiger partial charge < -0.3 is 9.47 Å². The first-order chi connectivity index (χ1) is 8.31. The Morgan fingerprint density at radius 3 is 1.71 bits per heavy atom. The van der Waals surface area contributed by atoms with Crippen molar-refractivity contribution in [3.8, 4) is 11.5 Å². The van der Waals surface area contributed by atoms with Crippen LogP contribution in [0.25, 0.3) is 0 Å². The minimum atomic E-state index is 0.821. The van der Waals surface area contributed by atoms with Gasteiger partial charge in [0.2, 0.25) is 0 Å². The summed E-state index contributed by atoms with van der Waals surface area (Å²) in [6.45, 7) is 0. The smallest absolute Gasteiger partial charge is 0.119 e. The quantitative estimate of drug-likeness (QED) is 0.798. The Hall–Kier alpha value is -1.96. The molecule has 2 radical (unpaired) electrons. The summed E-state index contributed by atoms with van der Waals surface area (Å²) in [7, 11) is 3.32. The standard InChI is InChI=1S/C15H14O2/c1-16-14-7-3-5-12(10-14)9-13-6-4-8-15(11-13)17-2/h5-8,10-11H,9H2,1-2H3. The topological polar surface area (TPSA) is 18.5 Å². The summed E-state index contributed by atoms with van der Waals surface area (Å²) in [4.78, 5) is 0. The van der Waals surface area contributed by atoms with Gasteiger partial charge in [-0.25, -0.2) is 0 Å². The molecule has 0 heterocycles. The van der Waals surface area contributed by atoms with Gasteiger partial charge in [0, 0.05) is 0 Å². The van der Waals surface area contributed by atoms with Crippen molar-refractivity contribution >= 4 is 0 Å². The van der Waals surface area contributed by atoms with E-state index in [1.165, 1.54) is 0 Å². The minimum Gasteiger partial charge on any atom is -0.497 e. The van der Waals surface area contributed by atoms with E-state index in [0.717, 1.165) is 29.0 Å². The van der Waals surface area contributed by atoms with Crippen LogP contribution in [0, 0.1) is 12.1 Å². The van der Waals surface area contributed by atoms with Gasteiger partial charge in [0.25, 0.3) is 0 Å². The monoisotopic (exact) mass is 226 g/mol. The summed E-state index contributed by atoms with van der Waals surface area (Å²) >= 11 is 0. The molecule has 0 aliphatic carbocycles. The van der Waals surface area contributed by atoms with E-state index in [9.17, 15) is 0 Å². The Kier molecular flexibility index (Phi) is 3.66. The molecule has 0 saturated carbocycles. The molecular formula is C15H14O2. The highest BCUT2D eigenvalue weighted by molar-refractivity contribution is 5.34. The van der Waals surface area contributed by atoms with E-state index in [0.29, 0.717) is 0 Å². The maximum Gasteiger partial charge on any atom is 0.119 e. The van der Waals surface area contributed by atoms with Gasteiger partial charge in [0.05, 0.1) is 14.2 Å². The molecule has 0 aromatic heterocycles. The summed E-state index contributed by atoms with van der Waals surface area (Å²) in [5.41, 5.74) is 2.32. The van der Waals surface area contributed by atoms with Gasteiger partial charge in [-0.3, -0.25) is 0 Å². The van der Waals surface area contributed by atoms with Crippen molar-refractivity contribution in [2.45, 2.75) is 6.42 Å². The van der Waals surface area contributed by atoms with Crippen molar-refractivity contribution in [1.82, 2.24) is 0 Å². The van der Waals surface area contributed by atoms with E-state index in [2.05, 4.69) is 12.1 Å². The fraction of sp³-hybridized carbons (Fsp3) is 0.200. The van der Waals surface area contributed by atoms with Gasteiger partial charge >= 0.3 is 0 Å². The average Bonchev–Trinajstić information content (AvgIpc) is 2.39. The molecule has 0 N–H and O–H groups in total. The zero-order valence-electron chi connectivity index (χ0n) is 9.99. The molecule has 2 rings (SSSR count). The molecule has 0 aliphatic heterocycles. The van der Waals surface area contributed by atoms with Crippen LogP contribution in [0.2, 0.25) is 0 Å². The van der Waals surface area contributed by atoms with Crippen LogP contribution in [0.5, 0.6) is 11.5 Å². The Morgan fingerprint density at radius 1 is 0.824 bits per heavy atom. The van der Waals surface area contributed by atoms with Gasteiger partial charge in [-0.2, -0.15) is 0 Å². The number of rotatable bonds is 4. The third-order valence-corrected chi connectivity index (χ3v) is 2.52. The largest absolute Gasteiger partial charge is 0.497 e. The van der Waals surface area contributed by atoms with Gasteiger partial charge in [-0.15, -0.1) is 0 Å². The Morgan fingerprint density at radius 2 is 1.29 bits per heavy atom. The second-order valence-electron chi connectivity index (χ2n) is 3.74. The van der Waals surface area contributed by atoms with E-state index in [4.69, 9.17) is 9.47 Å². The lowest BCUT2D eigenvalue weighted by atomic mass is 10.0. The van der Waals surface area contributed by atoms with Crippen molar-refractivity contribution in [3.63, 3.8) is 0 Å². The average molecular weight is 226 g/mol. The normalized spacial score (nSPS) is 10.0. The lowest BCUT2D eigenvalue weighted by Gasteiger charge is -2.06. The van der Waals surface area contributed by atoms with E-state index < -0.39 is 0 Å². The summed E-state index contributed by atoms with van der Waals surface area (Å²) in [5, 5.41) is 0. The summed E-state index contributed by atoms with van der Waals surface area (Å²) in [5.74, 6) is 1.66. The van der Waals surface area contributed by atoms with Crippen LogP contribution in [-0.4, -0.2) is 14.2 Å². The first-order valence-electron chi connectivity index (χ1n) is 5.40. The zero-order chi connectivity index (χ0) is 12.1. The molecule has 0 bridgehead atoms. The molecule has 2 aromatic rings. The molecule has 86 valence electrons. The van der Waals surface area contributed by atoms with Gasteiger partial charge in [0.15, 0.2) is 0 Å². The fourth-order valence-corrected chi connectivity index (χ4v) is 1.67. The first-order valence-corrected chi connectivity index (χ1v) is 5.40. The third-order valence-electron chi connectivity index (χ3n) is 2.52. The second-order valence-corrected chi connectivity index (χ2v) is 3.74. The number of hydrogen-bond acceptors (Lipinski definition) is 2. The van der Waals surface area contributed by atoms with Gasteiger partial charge in [0.1, 0.15) is 11.5 Å². The van der Waals surface area contributed by atoms with E-state index in [1.54, 1.807) is 14.2 Å². The summed E-state index contributed by atoms with van der Waals surface area (Å²) < 4.78 is 10.3. The minimum absolute atomic E-state index is 0.821. The highest BCUT2D eigenvalue weighted by atomic mass is 16.5. The van der Waals surface area contributed by atoms with Gasteiger partial charge in [-0.05, 0) is 53.9 Å². The molecule has 2 aromatic carbocycles. The molecule has 0 amide bonds. The summed E-state index contributed by atoms with van der Waals surface area (Å²) in [6.07, 6.45) is 0.821. The van der Waals surface area contributed by atoms with Crippen molar-refractivity contribution in [3.05, 3.63) is 59.7 Å². The lowest BCUT2D eigenvalue weighted by Crippen LogP contribution is -1.91. The fourth-order valence-electron chi connectivity index (χ4n) is 1.67. The van der Waals surface area contributed by atoms with Crippen LogP contribution in [0.4, 0.5) is 0 Å². The maximum absolute atomic E-state index is 5.17. The van der Waals surface area contributed by atoms with E-state index in [1.807, 2.05) is 36.4 Å². The van der Waals surface area contributed by atoms with E-state index in [-0.39, 0.29) is 0 Å². The molecular weight excluding hydrogens is 212 g/mol. The van der Waals surface area contributed by atoms with Crippen LogP contribution in [-0.2, 0) is 6.42 Å². The van der Waals surface area contributed by atoms with Crippen LogP contribution in [0.3, 0.4) is 0 Å². The van der Waals surface area contributed by atoms with E-state index >= 15 is 0 Å². The molecule has 2 nitrogen and oxygen atoms in total. The molecule has 0 unspecified atom stereocenters. The molecule has 0 spiro atoms. The number of methoxy groups -OCH3 is 2.